The summed E-state index contributed by atoms with van der Waals surface area (Å²) in [5.41, 5.74) is 8.11. The smallest absolute Gasteiger partial charge is 0.169 e. The molecular weight excluding hydrogens is 292 g/mol. The number of hydrazone groups is 1. The molecule has 0 amide bonds. The lowest BCUT2D eigenvalue weighted by Crippen LogP contribution is -2.33. The average Bonchev–Trinajstić information content (AvgIpc) is 2.76. The van der Waals surface area contributed by atoms with Crippen molar-refractivity contribution in [3.8, 4) is 0 Å². The first kappa shape index (κ1) is 17.3. The number of amidine groups is 1. The number of nitrogens with zero attached hydrogens (tertiary/aromatic N) is 4. The summed E-state index contributed by atoms with van der Waals surface area (Å²) in [5.74, 6) is 0.305. The fourth-order valence-corrected chi connectivity index (χ4v) is 2.24. The van der Waals surface area contributed by atoms with Crippen molar-refractivity contribution in [1.29, 1.82) is 5.41 Å². The Balaban J connectivity index is 2.34. The molecule has 1 aliphatic heterocycles. The van der Waals surface area contributed by atoms with E-state index < -0.39 is 6.23 Å². The van der Waals surface area contributed by atoms with Crippen LogP contribution in [0.4, 0.5) is 5.69 Å². The molecule has 0 radical (unpaired) electrons. The molecule has 0 saturated heterocycles. The Morgan fingerprint density at radius 2 is 1.91 bits per heavy atom. The molecule has 0 aliphatic carbocycles. The predicted molar refractivity (Wildman–Crippen MR) is 93.4 cm³/mol. The first-order chi connectivity index (χ1) is 10.8. The molecule has 1 heterocycles. The minimum absolute atomic E-state index is 0.0992. The first-order valence-electron chi connectivity index (χ1n) is 7.52. The van der Waals surface area contributed by atoms with Gasteiger partial charge in [-0.25, -0.2) is 10.0 Å². The first-order valence-corrected chi connectivity index (χ1v) is 7.52. The molecule has 0 fully saturated rings. The van der Waals surface area contributed by atoms with E-state index in [1.165, 1.54) is 0 Å². The molecule has 4 N–H and O–H groups in total. The summed E-state index contributed by atoms with van der Waals surface area (Å²) in [6.45, 7) is 4.60. The second kappa shape index (κ2) is 6.99. The molecule has 1 aromatic carbocycles. The van der Waals surface area contributed by atoms with Crippen molar-refractivity contribution in [3.63, 3.8) is 0 Å². The van der Waals surface area contributed by atoms with Crippen molar-refractivity contribution in [3.05, 3.63) is 29.8 Å². The van der Waals surface area contributed by atoms with E-state index in [-0.39, 0.29) is 6.04 Å². The van der Waals surface area contributed by atoms with Crippen LogP contribution in [0.15, 0.2) is 34.4 Å². The zero-order valence-electron chi connectivity index (χ0n) is 14.0. The highest BCUT2D eigenvalue weighted by molar-refractivity contribution is 6.70. The number of rotatable bonds is 5. The van der Waals surface area contributed by atoms with Gasteiger partial charge in [-0.05, 0) is 45.6 Å². The van der Waals surface area contributed by atoms with E-state index >= 15 is 0 Å². The van der Waals surface area contributed by atoms with Crippen molar-refractivity contribution >= 4 is 22.9 Å². The maximum Gasteiger partial charge on any atom is 0.169 e. The molecule has 0 spiro atoms. The molecule has 1 aromatic rings. The quantitative estimate of drug-likeness (QED) is 0.713. The van der Waals surface area contributed by atoms with Gasteiger partial charge in [0.1, 0.15) is 17.7 Å². The topological polar surface area (TPSA) is 101 Å². The van der Waals surface area contributed by atoms with E-state index in [1.54, 1.807) is 29.3 Å². The summed E-state index contributed by atoms with van der Waals surface area (Å²) in [6, 6.07) is 7.10. The number of hydrogen-bond donors (Lipinski definition) is 3. The number of benzene rings is 1. The van der Waals surface area contributed by atoms with E-state index in [4.69, 9.17) is 11.1 Å². The molecule has 0 bridgehead atoms. The van der Waals surface area contributed by atoms with Crippen LogP contribution in [0.3, 0.4) is 0 Å². The summed E-state index contributed by atoms with van der Waals surface area (Å²) in [6.07, 6.45) is -0.997. The van der Waals surface area contributed by atoms with E-state index in [0.29, 0.717) is 29.3 Å². The van der Waals surface area contributed by atoms with Crippen LogP contribution in [0.1, 0.15) is 25.6 Å². The zero-order valence-corrected chi connectivity index (χ0v) is 14.0. The van der Waals surface area contributed by atoms with Crippen LogP contribution in [-0.2, 0) is 0 Å². The van der Waals surface area contributed by atoms with Crippen molar-refractivity contribution in [2.24, 2.45) is 15.8 Å². The highest BCUT2D eigenvalue weighted by atomic mass is 16.3. The Morgan fingerprint density at radius 3 is 2.39 bits per heavy atom. The van der Waals surface area contributed by atoms with Crippen LogP contribution in [-0.4, -0.2) is 59.0 Å². The third-order valence-electron chi connectivity index (χ3n) is 3.39. The second-order valence-corrected chi connectivity index (χ2v) is 6.07. The van der Waals surface area contributed by atoms with Crippen LogP contribution in [0.25, 0.3) is 0 Å². The van der Waals surface area contributed by atoms with Crippen molar-refractivity contribution in [2.45, 2.75) is 26.1 Å². The Morgan fingerprint density at radius 1 is 1.30 bits per heavy atom. The minimum Gasteiger partial charge on any atom is -0.375 e. The molecular formula is C16H24N6O. The van der Waals surface area contributed by atoms with Crippen molar-refractivity contribution in [2.75, 3.05) is 20.6 Å². The molecule has 1 atom stereocenters. The van der Waals surface area contributed by atoms with Gasteiger partial charge in [0.15, 0.2) is 5.84 Å². The summed E-state index contributed by atoms with van der Waals surface area (Å²) in [7, 11) is 3.92. The van der Waals surface area contributed by atoms with Gasteiger partial charge >= 0.3 is 0 Å². The van der Waals surface area contributed by atoms with Gasteiger partial charge in [-0.15, -0.1) is 0 Å². The largest absolute Gasteiger partial charge is 0.375 e. The minimum atomic E-state index is -0.997. The number of nitrogens with two attached hydrogens (primary N) is 1. The van der Waals surface area contributed by atoms with Crippen LogP contribution in [0.5, 0.6) is 0 Å². The third kappa shape index (κ3) is 4.01. The van der Waals surface area contributed by atoms with E-state index in [9.17, 15) is 5.11 Å². The number of nitrogens with one attached hydrogen (secondary N) is 1. The highest BCUT2D eigenvalue weighted by Crippen LogP contribution is 2.19. The van der Waals surface area contributed by atoms with Gasteiger partial charge in [0.25, 0.3) is 0 Å². The highest BCUT2D eigenvalue weighted by Gasteiger charge is 2.30. The molecule has 0 saturated carbocycles. The molecule has 23 heavy (non-hydrogen) atoms. The Bertz CT molecular complexity index is 630. The number of aliphatic hydroxyl groups excluding tert-OH is 1. The summed E-state index contributed by atoms with van der Waals surface area (Å²) in [5, 5.41) is 23.9. The van der Waals surface area contributed by atoms with Gasteiger partial charge in [0, 0.05) is 12.6 Å². The third-order valence-corrected chi connectivity index (χ3v) is 3.39. The van der Waals surface area contributed by atoms with E-state index in [1.807, 2.05) is 32.8 Å². The van der Waals surface area contributed by atoms with Gasteiger partial charge < -0.3 is 15.7 Å². The summed E-state index contributed by atoms with van der Waals surface area (Å²) in [4.78, 5) is 6.58. The van der Waals surface area contributed by atoms with Gasteiger partial charge in [-0.2, -0.15) is 5.10 Å². The molecule has 1 unspecified atom stereocenters. The lowest BCUT2D eigenvalue weighted by atomic mass is 10.1. The Labute approximate surface area is 136 Å². The number of aliphatic hydroxyl groups is 1. The Hall–Kier alpha value is -2.09. The lowest BCUT2D eigenvalue weighted by molar-refractivity contribution is 0.186. The molecule has 7 heteroatoms. The Kier molecular flexibility index (Phi) is 5.25. The average molecular weight is 316 g/mol. The van der Waals surface area contributed by atoms with Crippen molar-refractivity contribution in [1.82, 2.24) is 9.91 Å². The predicted octanol–water partition coefficient (Wildman–Crippen LogP) is 1.33. The van der Waals surface area contributed by atoms with Gasteiger partial charge in [0.2, 0.25) is 0 Å². The van der Waals surface area contributed by atoms with Gasteiger partial charge in [-0.3, -0.25) is 5.41 Å². The molecule has 7 nitrogen and oxygen atoms in total. The van der Waals surface area contributed by atoms with E-state index in [0.717, 1.165) is 5.71 Å². The normalized spacial score (nSPS) is 18.3. The molecule has 0 aromatic heterocycles. The van der Waals surface area contributed by atoms with Crippen LogP contribution < -0.4 is 5.73 Å². The maximum absolute atomic E-state index is 9.35. The van der Waals surface area contributed by atoms with Gasteiger partial charge in [0.05, 0.1) is 5.69 Å². The maximum atomic E-state index is 9.35. The fraction of sp³-hybridized carbons (Fsp3) is 0.438. The summed E-state index contributed by atoms with van der Waals surface area (Å²) >= 11 is 0. The zero-order chi connectivity index (χ0) is 17.1. The number of hydrogen-bond acceptors (Lipinski definition) is 6. The summed E-state index contributed by atoms with van der Waals surface area (Å²) < 4.78 is 0. The van der Waals surface area contributed by atoms with E-state index in [2.05, 4.69) is 10.1 Å². The van der Waals surface area contributed by atoms with Crippen molar-refractivity contribution < 1.29 is 5.11 Å². The van der Waals surface area contributed by atoms with Crippen LogP contribution in [0, 0.1) is 5.41 Å². The lowest BCUT2D eigenvalue weighted by Gasteiger charge is -2.17. The second-order valence-electron chi connectivity index (χ2n) is 6.07. The SMILES string of the molecule is CC(C)N1N=C(CN(C)C)C(=Nc2ccc(C(N)O)cc2)C1=N. The monoisotopic (exact) mass is 316 g/mol. The van der Waals surface area contributed by atoms with Crippen LogP contribution >= 0.6 is 0 Å². The standard InChI is InChI=1S/C16H24N6O/c1-10(2)22-15(17)14(13(20-22)9-21(3)4)19-12-7-5-11(6-8-12)16(18)23/h5-8,10,16-17,23H,9,18H2,1-4H3. The molecule has 124 valence electrons. The number of aliphatic imine (C=N–C) groups is 1. The molecule has 2 rings (SSSR count). The fourth-order valence-electron chi connectivity index (χ4n) is 2.24. The molecule has 1 aliphatic rings. The van der Waals surface area contributed by atoms with Crippen LogP contribution in [0.2, 0.25) is 0 Å². The van der Waals surface area contributed by atoms with Gasteiger partial charge in [-0.1, -0.05) is 12.1 Å².